The predicted molar refractivity (Wildman–Crippen MR) is 69.6 cm³/mol. The quantitative estimate of drug-likeness (QED) is 0.352. The van der Waals surface area contributed by atoms with Gasteiger partial charge in [-0.25, -0.2) is 4.79 Å². The minimum atomic E-state index is -0.621. The number of hydrogen-bond donors (Lipinski definition) is 1. The van der Waals surface area contributed by atoms with Gasteiger partial charge in [-0.15, -0.1) is 0 Å². The molecule has 1 atom stereocenters. The normalized spacial score (nSPS) is 22.7. The van der Waals surface area contributed by atoms with Gasteiger partial charge in [0.05, 0.1) is 12.0 Å². The van der Waals surface area contributed by atoms with Crippen LogP contribution in [0.5, 0.6) is 0 Å². The lowest BCUT2D eigenvalue weighted by atomic mass is 10.1. The molecule has 1 unspecified atom stereocenters. The third-order valence-corrected chi connectivity index (χ3v) is 2.97. The summed E-state index contributed by atoms with van der Waals surface area (Å²) in [7, 11) is 3.01. The SMILES string of the molecule is COC(=O)/C=C/C(=C1\NCC(C)CCN1C)[N+](=O)[O-]. The van der Waals surface area contributed by atoms with Gasteiger partial charge in [-0.2, -0.15) is 0 Å². The zero-order valence-corrected chi connectivity index (χ0v) is 11.4. The van der Waals surface area contributed by atoms with Crippen LogP contribution in [0, 0.1) is 16.0 Å². The molecule has 0 aromatic rings. The average Bonchev–Trinajstić information content (AvgIpc) is 2.53. The van der Waals surface area contributed by atoms with E-state index in [9.17, 15) is 14.9 Å². The largest absolute Gasteiger partial charge is 0.466 e. The van der Waals surface area contributed by atoms with Gasteiger partial charge < -0.3 is 15.0 Å². The maximum atomic E-state index is 11.1. The Kier molecular flexibility index (Phi) is 5.35. The van der Waals surface area contributed by atoms with E-state index in [0.717, 1.165) is 19.0 Å². The van der Waals surface area contributed by atoms with Crippen molar-refractivity contribution in [2.45, 2.75) is 13.3 Å². The van der Waals surface area contributed by atoms with E-state index in [-0.39, 0.29) is 5.70 Å². The average molecular weight is 269 g/mol. The highest BCUT2D eigenvalue weighted by molar-refractivity contribution is 5.82. The molecule has 0 radical (unpaired) electrons. The van der Waals surface area contributed by atoms with Crippen molar-refractivity contribution in [3.8, 4) is 0 Å². The summed E-state index contributed by atoms with van der Waals surface area (Å²) in [5.41, 5.74) is -0.137. The Morgan fingerprint density at radius 1 is 1.58 bits per heavy atom. The maximum absolute atomic E-state index is 11.1. The summed E-state index contributed by atoms with van der Waals surface area (Å²) in [6, 6.07) is 0. The molecule has 7 nitrogen and oxygen atoms in total. The Morgan fingerprint density at radius 3 is 2.84 bits per heavy atom. The van der Waals surface area contributed by atoms with Crippen molar-refractivity contribution in [3.63, 3.8) is 0 Å². The van der Waals surface area contributed by atoms with Crippen molar-refractivity contribution in [1.82, 2.24) is 10.2 Å². The first-order chi connectivity index (χ1) is 8.95. The Hall–Kier alpha value is -2.05. The summed E-state index contributed by atoms with van der Waals surface area (Å²) in [5.74, 6) is 0.247. The van der Waals surface area contributed by atoms with Crippen molar-refractivity contribution in [2.24, 2.45) is 5.92 Å². The lowest BCUT2D eigenvalue weighted by Gasteiger charge is -2.19. The highest BCUT2D eigenvalue weighted by atomic mass is 16.6. The van der Waals surface area contributed by atoms with E-state index < -0.39 is 10.9 Å². The number of hydrogen-bond acceptors (Lipinski definition) is 6. The third-order valence-electron chi connectivity index (χ3n) is 2.97. The second-order valence-corrected chi connectivity index (χ2v) is 4.54. The minimum absolute atomic E-state index is 0.137. The monoisotopic (exact) mass is 269 g/mol. The summed E-state index contributed by atoms with van der Waals surface area (Å²) in [5, 5.41) is 14.2. The second kappa shape index (κ2) is 6.77. The molecule has 1 heterocycles. The molecule has 1 aliphatic rings. The van der Waals surface area contributed by atoms with Crippen LogP contribution in [0.15, 0.2) is 23.7 Å². The summed E-state index contributed by atoms with van der Waals surface area (Å²) in [4.78, 5) is 23.4. The van der Waals surface area contributed by atoms with Gasteiger partial charge >= 0.3 is 11.7 Å². The molecule has 0 bridgehead atoms. The summed E-state index contributed by atoms with van der Waals surface area (Å²) in [6.45, 7) is 3.48. The number of carbonyl (C=O) groups is 1. The van der Waals surface area contributed by atoms with Gasteiger partial charge in [-0.05, 0) is 12.3 Å². The first kappa shape index (κ1) is 15.0. The van der Waals surface area contributed by atoms with E-state index in [0.29, 0.717) is 18.3 Å². The molecule has 0 aliphatic carbocycles. The smallest absolute Gasteiger partial charge is 0.330 e. The van der Waals surface area contributed by atoms with Gasteiger partial charge in [0, 0.05) is 32.3 Å². The van der Waals surface area contributed by atoms with Crippen LogP contribution in [0.2, 0.25) is 0 Å². The molecule has 1 aliphatic heterocycles. The van der Waals surface area contributed by atoms with Crippen molar-refractivity contribution in [1.29, 1.82) is 0 Å². The number of nitrogens with zero attached hydrogens (tertiary/aromatic N) is 2. The van der Waals surface area contributed by atoms with Gasteiger partial charge in [-0.1, -0.05) is 6.92 Å². The fourth-order valence-corrected chi connectivity index (χ4v) is 1.76. The number of rotatable bonds is 3. The van der Waals surface area contributed by atoms with Gasteiger partial charge in [-0.3, -0.25) is 10.1 Å². The van der Waals surface area contributed by atoms with Crippen molar-refractivity contribution in [3.05, 3.63) is 33.8 Å². The fraction of sp³-hybridized carbons (Fsp3) is 0.583. The van der Waals surface area contributed by atoms with Crippen LogP contribution in [-0.2, 0) is 9.53 Å². The van der Waals surface area contributed by atoms with Crippen molar-refractivity contribution >= 4 is 5.97 Å². The summed E-state index contributed by atoms with van der Waals surface area (Å²) in [6.07, 6.45) is 3.17. The number of carbonyl (C=O) groups excluding carboxylic acids is 1. The number of methoxy groups -OCH3 is 1. The molecule has 106 valence electrons. The Morgan fingerprint density at radius 2 is 2.26 bits per heavy atom. The molecule has 0 spiro atoms. The fourth-order valence-electron chi connectivity index (χ4n) is 1.76. The van der Waals surface area contributed by atoms with Crippen LogP contribution in [0.3, 0.4) is 0 Å². The van der Waals surface area contributed by atoms with Crippen LogP contribution in [0.25, 0.3) is 0 Å². The van der Waals surface area contributed by atoms with E-state index in [1.807, 2.05) is 0 Å². The van der Waals surface area contributed by atoms with Crippen LogP contribution < -0.4 is 5.32 Å². The molecule has 0 amide bonds. The van der Waals surface area contributed by atoms with Crippen LogP contribution >= 0.6 is 0 Å². The molecule has 1 fully saturated rings. The van der Waals surface area contributed by atoms with Gasteiger partial charge in [0.1, 0.15) is 0 Å². The lowest BCUT2D eigenvalue weighted by Crippen LogP contribution is -2.30. The zero-order valence-electron chi connectivity index (χ0n) is 11.4. The van der Waals surface area contributed by atoms with Crippen LogP contribution in [0.4, 0.5) is 0 Å². The maximum Gasteiger partial charge on any atom is 0.330 e. The third kappa shape index (κ3) is 4.27. The zero-order chi connectivity index (χ0) is 14.4. The predicted octanol–water partition coefficient (Wildman–Crippen LogP) is 0.723. The second-order valence-electron chi connectivity index (χ2n) is 4.54. The molecule has 1 N–H and O–H groups in total. The van der Waals surface area contributed by atoms with Crippen molar-refractivity contribution < 1.29 is 14.5 Å². The number of nitrogens with one attached hydrogen (secondary N) is 1. The molecular formula is C12H19N3O4. The standard InChI is InChI=1S/C12H19N3O4/c1-9-6-7-14(2)12(13-8-9)10(15(17)18)4-5-11(16)19-3/h4-5,9,13H,6-8H2,1-3H3/b5-4+,12-10-. The van der Waals surface area contributed by atoms with Crippen LogP contribution in [0.1, 0.15) is 13.3 Å². The first-order valence-electron chi connectivity index (χ1n) is 6.05. The molecule has 0 saturated carbocycles. The molecule has 0 aromatic carbocycles. The molecule has 0 aromatic heterocycles. The number of allylic oxidation sites excluding steroid dienone is 1. The highest BCUT2D eigenvalue weighted by Gasteiger charge is 2.23. The van der Waals surface area contributed by atoms with E-state index in [1.54, 1.807) is 11.9 Å². The summed E-state index contributed by atoms with van der Waals surface area (Å²) >= 11 is 0. The number of ether oxygens (including phenoxy) is 1. The minimum Gasteiger partial charge on any atom is -0.466 e. The van der Waals surface area contributed by atoms with E-state index in [2.05, 4.69) is 17.0 Å². The van der Waals surface area contributed by atoms with E-state index in [4.69, 9.17) is 0 Å². The highest BCUT2D eigenvalue weighted by Crippen LogP contribution is 2.15. The molecule has 1 saturated heterocycles. The topological polar surface area (TPSA) is 84.7 Å². The molecule has 19 heavy (non-hydrogen) atoms. The Labute approximate surface area is 112 Å². The lowest BCUT2D eigenvalue weighted by molar-refractivity contribution is -0.421. The van der Waals surface area contributed by atoms with Crippen molar-refractivity contribution in [2.75, 3.05) is 27.2 Å². The van der Waals surface area contributed by atoms with Gasteiger partial charge in [0.15, 0.2) is 5.82 Å². The van der Waals surface area contributed by atoms with E-state index >= 15 is 0 Å². The Bertz CT molecular complexity index is 417. The van der Waals surface area contributed by atoms with Crippen LogP contribution in [-0.4, -0.2) is 43.0 Å². The van der Waals surface area contributed by atoms with Gasteiger partial charge in [0.2, 0.25) is 0 Å². The number of esters is 1. The molecular weight excluding hydrogens is 250 g/mol. The molecule has 1 rings (SSSR count). The van der Waals surface area contributed by atoms with Gasteiger partial charge in [0.25, 0.3) is 0 Å². The van der Waals surface area contributed by atoms with E-state index in [1.165, 1.54) is 13.2 Å². The Balaban J connectivity index is 3.05. The number of nitro groups is 1. The molecule has 7 heteroatoms. The summed E-state index contributed by atoms with van der Waals surface area (Å²) < 4.78 is 4.43. The first-order valence-corrected chi connectivity index (χ1v) is 6.05.